The molecule has 102 valence electrons. The zero-order valence-corrected chi connectivity index (χ0v) is 12.1. The number of fused-ring (bicyclic) bond motifs is 1. The number of hydrogen-bond acceptors (Lipinski definition) is 4. The highest BCUT2D eigenvalue weighted by Gasteiger charge is 2.04. The molecule has 4 nitrogen and oxygen atoms in total. The van der Waals surface area contributed by atoms with Crippen LogP contribution in [0.4, 0.5) is 0 Å². The molecule has 0 aromatic carbocycles. The second kappa shape index (κ2) is 6.21. The van der Waals surface area contributed by atoms with E-state index in [4.69, 9.17) is 5.73 Å². The van der Waals surface area contributed by atoms with Gasteiger partial charge in [0.2, 0.25) is 0 Å². The molecule has 0 saturated carbocycles. The van der Waals surface area contributed by atoms with Crippen LogP contribution in [0.3, 0.4) is 0 Å². The van der Waals surface area contributed by atoms with E-state index in [-0.39, 0.29) is 11.6 Å². The average Bonchev–Trinajstić information content (AvgIpc) is 2.39. The molecule has 0 saturated heterocycles. The number of nitrogens with two attached hydrogens (primary N) is 1. The lowest BCUT2D eigenvalue weighted by molar-refractivity contribution is 0.724. The Labute approximate surface area is 117 Å². The van der Waals surface area contributed by atoms with Gasteiger partial charge < -0.3 is 5.73 Å². The Bertz CT molecular complexity index is 624. The van der Waals surface area contributed by atoms with E-state index >= 15 is 0 Å². The van der Waals surface area contributed by atoms with Gasteiger partial charge in [0.05, 0.1) is 5.69 Å². The first-order valence-corrected chi connectivity index (χ1v) is 7.58. The van der Waals surface area contributed by atoms with E-state index in [0.29, 0.717) is 5.65 Å². The molecule has 0 amide bonds. The van der Waals surface area contributed by atoms with Crippen molar-refractivity contribution in [3.63, 3.8) is 0 Å². The van der Waals surface area contributed by atoms with Gasteiger partial charge in [-0.25, -0.2) is 4.98 Å². The fraction of sp³-hybridized carbons (Fsp3) is 0.429. The Hall–Kier alpha value is -1.33. The highest BCUT2D eigenvalue weighted by molar-refractivity contribution is 7.98. The van der Waals surface area contributed by atoms with Crippen LogP contribution in [0.25, 0.3) is 5.65 Å². The first-order chi connectivity index (χ1) is 9.10. The molecule has 0 bridgehead atoms. The van der Waals surface area contributed by atoms with Crippen LogP contribution in [-0.2, 0) is 5.75 Å². The average molecular weight is 277 g/mol. The summed E-state index contributed by atoms with van der Waals surface area (Å²) in [5, 5.41) is 0. The number of rotatable bonds is 5. The molecule has 19 heavy (non-hydrogen) atoms. The number of pyridine rings is 1. The Morgan fingerprint density at radius 3 is 3.00 bits per heavy atom. The third kappa shape index (κ3) is 3.58. The van der Waals surface area contributed by atoms with E-state index in [9.17, 15) is 4.79 Å². The highest BCUT2D eigenvalue weighted by Crippen LogP contribution is 2.12. The van der Waals surface area contributed by atoms with Gasteiger partial charge in [0.1, 0.15) is 5.65 Å². The van der Waals surface area contributed by atoms with Gasteiger partial charge in [0.25, 0.3) is 5.56 Å². The normalized spacial score (nSPS) is 12.8. The molecular formula is C14H19N3OS. The van der Waals surface area contributed by atoms with E-state index in [1.165, 1.54) is 0 Å². The Kier molecular flexibility index (Phi) is 4.61. The minimum absolute atomic E-state index is 0.0240. The van der Waals surface area contributed by atoms with Crippen LogP contribution in [0.15, 0.2) is 29.2 Å². The molecular weight excluding hydrogens is 258 g/mol. The van der Waals surface area contributed by atoms with Crippen LogP contribution in [0.5, 0.6) is 0 Å². The molecule has 1 atom stereocenters. The van der Waals surface area contributed by atoms with Gasteiger partial charge in [-0.1, -0.05) is 13.0 Å². The third-order valence-electron chi connectivity index (χ3n) is 2.97. The summed E-state index contributed by atoms with van der Waals surface area (Å²) in [5.41, 5.74) is 8.42. The van der Waals surface area contributed by atoms with E-state index in [1.54, 1.807) is 22.2 Å². The van der Waals surface area contributed by atoms with Crippen molar-refractivity contribution in [3.8, 4) is 0 Å². The van der Waals surface area contributed by atoms with Gasteiger partial charge in [-0.05, 0) is 25.0 Å². The number of nitrogens with zero attached hydrogens (tertiary/aromatic N) is 2. The van der Waals surface area contributed by atoms with Crippen LogP contribution in [-0.4, -0.2) is 21.2 Å². The molecule has 0 spiro atoms. The molecule has 0 aliphatic heterocycles. The molecule has 2 N–H and O–H groups in total. The summed E-state index contributed by atoms with van der Waals surface area (Å²) in [7, 11) is 0. The fourth-order valence-electron chi connectivity index (χ4n) is 1.76. The van der Waals surface area contributed by atoms with Gasteiger partial charge in [0, 0.05) is 29.8 Å². The van der Waals surface area contributed by atoms with Crippen LogP contribution in [0.1, 0.15) is 24.6 Å². The summed E-state index contributed by atoms with van der Waals surface area (Å²) in [6.45, 7) is 4.04. The smallest absolute Gasteiger partial charge is 0.258 e. The first-order valence-electron chi connectivity index (χ1n) is 6.42. The van der Waals surface area contributed by atoms with Crippen LogP contribution >= 0.6 is 11.8 Å². The summed E-state index contributed by atoms with van der Waals surface area (Å²) in [4.78, 5) is 16.5. The Balaban J connectivity index is 2.17. The van der Waals surface area contributed by atoms with Crippen molar-refractivity contribution in [2.24, 2.45) is 5.73 Å². The third-order valence-corrected chi connectivity index (χ3v) is 4.13. The van der Waals surface area contributed by atoms with Crippen molar-refractivity contribution in [2.45, 2.75) is 32.1 Å². The quantitative estimate of drug-likeness (QED) is 0.907. The van der Waals surface area contributed by atoms with Gasteiger partial charge in [-0.2, -0.15) is 11.8 Å². The van der Waals surface area contributed by atoms with Crippen molar-refractivity contribution in [2.75, 3.05) is 5.75 Å². The molecule has 5 heteroatoms. The Morgan fingerprint density at radius 2 is 2.26 bits per heavy atom. The zero-order chi connectivity index (χ0) is 13.8. The topological polar surface area (TPSA) is 60.4 Å². The number of hydrogen-bond donors (Lipinski definition) is 1. The summed E-state index contributed by atoms with van der Waals surface area (Å²) >= 11 is 1.72. The lowest BCUT2D eigenvalue weighted by Gasteiger charge is -2.08. The van der Waals surface area contributed by atoms with Crippen LogP contribution < -0.4 is 11.3 Å². The zero-order valence-electron chi connectivity index (χ0n) is 11.3. The summed E-state index contributed by atoms with van der Waals surface area (Å²) in [6.07, 6.45) is 2.79. The lowest BCUT2D eigenvalue weighted by Crippen LogP contribution is -2.21. The molecule has 2 rings (SSSR count). The van der Waals surface area contributed by atoms with Crippen molar-refractivity contribution in [1.29, 1.82) is 0 Å². The second-order valence-corrected chi connectivity index (χ2v) is 5.73. The largest absolute Gasteiger partial charge is 0.327 e. The minimum Gasteiger partial charge on any atom is -0.327 e. The first kappa shape index (κ1) is 14.1. The van der Waals surface area contributed by atoms with Crippen LogP contribution in [0.2, 0.25) is 0 Å². The van der Waals surface area contributed by atoms with E-state index < -0.39 is 0 Å². The molecule has 0 radical (unpaired) electrons. The lowest BCUT2D eigenvalue weighted by atomic mass is 10.3. The molecule has 2 heterocycles. The van der Waals surface area contributed by atoms with Gasteiger partial charge in [-0.3, -0.25) is 9.20 Å². The maximum absolute atomic E-state index is 12.0. The molecule has 0 aliphatic carbocycles. The molecule has 2 aromatic rings. The van der Waals surface area contributed by atoms with E-state index in [1.807, 2.05) is 25.3 Å². The fourth-order valence-corrected chi connectivity index (χ4v) is 2.78. The predicted octanol–water partition coefficient (Wildman–Crippen LogP) is 1.97. The monoisotopic (exact) mass is 277 g/mol. The highest BCUT2D eigenvalue weighted by atomic mass is 32.2. The van der Waals surface area contributed by atoms with Crippen molar-refractivity contribution < 1.29 is 0 Å². The summed E-state index contributed by atoms with van der Waals surface area (Å²) in [5.74, 6) is 1.62. The minimum atomic E-state index is -0.0240. The van der Waals surface area contributed by atoms with Crippen molar-refractivity contribution >= 4 is 17.4 Å². The number of aromatic nitrogens is 2. The molecule has 0 fully saturated rings. The van der Waals surface area contributed by atoms with Gasteiger partial charge in [0.15, 0.2) is 0 Å². The van der Waals surface area contributed by atoms with Crippen molar-refractivity contribution in [3.05, 3.63) is 46.0 Å². The maximum Gasteiger partial charge on any atom is 0.258 e. The van der Waals surface area contributed by atoms with Gasteiger partial charge >= 0.3 is 0 Å². The summed E-state index contributed by atoms with van der Waals surface area (Å²) < 4.78 is 1.58. The van der Waals surface area contributed by atoms with Gasteiger partial charge in [-0.15, -0.1) is 0 Å². The predicted molar refractivity (Wildman–Crippen MR) is 80.6 cm³/mol. The number of thioether (sulfide) groups is 1. The summed E-state index contributed by atoms with van der Waals surface area (Å²) in [6, 6.07) is 5.67. The maximum atomic E-state index is 12.0. The van der Waals surface area contributed by atoms with Crippen LogP contribution in [0, 0.1) is 6.92 Å². The second-order valence-electron chi connectivity index (χ2n) is 4.70. The Morgan fingerprint density at radius 1 is 1.47 bits per heavy atom. The number of aryl methyl sites for hydroxylation is 1. The SMILES string of the molecule is CCC(N)CSCc1cc(=O)n2cc(C)ccc2n1. The van der Waals surface area contributed by atoms with E-state index in [2.05, 4.69) is 11.9 Å². The van der Waals surface area contributed by atoms with E-state index in [0.717, 1.165) is 29.2 Å². The van der Waals surface area contributed by atoms with Crippen molar-refractivity contribution in [1.82, 2.24) is 9.38 Å². The standard InChI is InChI=1S/C14H19N3OS/c1-3-11(15)8-19-9-12-6-14(18)17-7-10(2)4-5-13(17)16-12/h4-7,11H,3,8-9,15H2,1-2H3. The molecule has 2 aromatic heterocycles. The molecule has 0 aliphatic rings. The molecule has 1 unspecified atom stereocenters.